The Morgan fingerprint density at radius 1 is 1.00 bits per heavy atom. The molecule has 0 aliphatic rings. The van der Waals surface area contributed by atoms with Crippen molar-refractivity contribution in [2.24, 2.45) is 5.73 Å². The fourth-order valence-electron chi connectivity index (χ4n) is 2.29. The molecular weight excluding hydrogens is 322 g/mol. The summed E-state index contributed by atoms with van der Waals surface area (Å²) in [6.07, 6.45) is 1.45. The van der Waals surface area contributed by atoms with Gasteiger partial charge in [0.15, 0.2) is 5.69 Å². The second kappa shape index (κ2) is 5.96. The maximum atomic E-state index is 11.1. The lowest BCUT2D eigenvalue weighted by Gasteiger charge is -1.96. The molecular formula is C16H11N7O2. The molecule has 0 saturated carbocycles. The first-order valence-corrected chi connectivity index (χ1v) is 7.29. The summed E-state index contributed by atoms with van der Waals surface area (Å²) in [5, 5.41) is 14.7. The molecule has 1 aromatic carbocycles. The average Bonchev–Trinajstić information content (AvgIpc) is 3.32. The number of nitrogens with two attached hydrogens (primary N) is 1. The molecule has 0 saturated heterocycles. The van der Waals surface area contributed by atoms with E-state index in [0.717, 1.165) is 5.56 Å². The Hall–Kier alpha value is -3.88. The second-order valence-electron chi connectivity index (χ2n) is 5.11. The second-order valence-corrected chi connectivity index (χ2v) is 5.11. The van der Waals surface area contributed by atoms with Gasteiger partial charge in [-0.15, -0.1) is 0 Å². The Morgan fingerprint density at radius 3 is 2.52 bits per heavy atom. The van der Waals surface area contributed by atoms with Crippen LogP contribution in [0.25, 0.3) is 34.2 Å². The Labute approximate surface area is 140 Å². The summed E-state index contributed by atoms with van der Waals surface area (Å²) in [5.41, 5.74) is 7.86. The summed E-state index contributed by atoms with van der Waals surface area (Å²) in [4.78, 5) is 19.4. The molecule has 3 N–H and O–H groups in total. The third-order valence-corrected chi connectivity index (χ3v) is 3.50. The molecule has 0 atom stereocenters. The van der Waals surface area contributed by atoms with E-state index >= 15 is 0 Å². The summed E-state index contributed by atoms with van der Waals surface area (Å²) in [7, 11) is 0. The number of carbonyl (C=O) groups excluding carboxylic acids is 1. The van der Waals surface area contributed by atoms with E-state index in [1.54, 1.807) is 6.07 Å². The number of pyridine rings is 1. The number of benzene rings is 1. The largest absolute Gasteiger partial charge is 0.364 e. The summed E-state index contributed by atoms with van der Waals surface area (Å²) in [6, 6.07) is 12.7. The lowest BCUT2D eigenvalue weighted by Crippen LogP contribution is -2.12. The minimum Gasteiger partial charge on any atom is -0.364 e. The predicted octanol–water partition coefficient (Wildman–Crippen LogP) is 1.68. The van der Waals surface area contributed by atoms with Crippen molar-refractivity contribution < 1.29 is 9.32 Å². The molecule has 9 nitrogen and oxygen atoms in total. The van der Waals surface area contributed by atoms with Crippen LogP contribution in [0.4, 0.5) is 0 Å². The summed E-state index contributed by atoms with van der Waals surface area (Å²) in [5.74, 6) is -0.0578. The van der Waals surface area contributed by atoms with Crippen molar-refractivity contribution in [3.05, 3.63) is 54.4 Å². The lowest BCUT2D eigenvalue weighted by atomic mass is 10.1. The van der Waals surface area contributed by atoms with Gasteiger partial charge < -0.3 is 10.3 Å². The normalized spacial score (nSPS) is 10.7. The van der Waals surface area contributed by atoms with Crippen molar-refractivity contribution in [3.8, 4) is 34.2 Å². The van der Waals surface area contributed by atoms with E-state index in [4.69, 9.17) is 10.3 Å². The third kappa shape index (κ3) is 2.74. The Bertz CT molecular complexity index is 1020. The number of aromatic amines is 1. The Kier molecular flexibility index (Phi) is 3.51. The van der Waals surface area contributed by atoms with E-state index in [1.165, 1.54) is 12.3 Å². The molecule has 0 spiro atoms. The molecule has 0 radical (unpaired) electrons. The number of carbonyl (C=O) groups is 1. The van der Waals surface area contributed by atoms with Gasteiger partial charge >= 0.3 is 0 Å². The van der Waals surface area contributed by atoms with Crippen LogP contribution in [-0.2, 0) is 0 Å². The first-order chi connectivity index (χ1) is 12.2. The molecule has 1 amide bonds. The fourth-order valence-corrected chi connectivity index (χ4v) is 2.29. The molecule has 122 valence electrons. The minimum atomic E-state index is -0.601. The van der Waals surface area contributed by atoms with E-state index in [1.807, 2.05) is 30.3 Å². The van der Waals surface area contributed by atoms with Crippen LogP contribution in [0.3, 0.4) is 0 Å². The summed E-state index contributed by atoms with van der Waals surface area (Å²) in [6.45, 7) is 0. The number of amides is 1. The summed E-state index contributed by atoms with van der Waals surface area (Å²) >= 11 is 0. The quantitative estimate of drug-likeness (QED) is 0.579. The van der Waals surface area contributed by atoms with Gasteiger partial charge in [0.25, 0.3) is 11.8 Å². The van der Waals surface area contributed by atoms with Crippen LogP contribution in [0.15, 0.2) is 53.2 Å². The van der Waals surface area contributed by atoms with Gasteiger partial charge in [0, 0.05) is 17.3 Å². The lowest BCUT2D eigenvalue weighted by molar-refractivity contribution is 0.0995. The van der Waals surface area contributed by atoms with Crippen molar-refractivity contribution in [2.45, 2.75) is 0 Å². The van der Waals surface area contributed by atoms with Gasteiger partial charge in [0.2, 0.25) is 5.82 Å². The van der Waals surface area contributed by atoms with E-state index < -0.39 is 5.91 Å². The van der Waals surface area contributed by atoms with E-state index in [-0.39, 0.29) is 11.6 Å². The third-order valence-electron chi connectivity index (χ3n) is 3.50. The SMILES string of the molecule is NC(=O)c1ccc(-c2noc(-c3n[nH]nc3-c3ccccc3)n2)cn1. The highest BCUT2D eigenvalue weighted by atomic mass is 16.5. The van der Waals surface area contributed by atoms with Gasteiger partial charge in [0.05, 0.1) is 0 Å². The van der Waals surface area contributed by atoms with Gasteiger partial charge in [0.1, 0.15) is 11.4 Å². The molecule has 0 unspecified atom stereocenters. The van der Waals surface area contributed by atoms with Crippen molar-refractivity contribution >= 4 is 5.91 Å². The topological polar surface area (TPSA) is 136 Å². The maximum Gasteiger partial charge on any atom is 0.281 e. The zero-order valence-electron chi connectivity index (χ0n) is 12.7. The maximum absolute atomic E-state index is 11.1. The van der Waals surface area contributed by atoms with Gasteiger partial charge in [-0.2, -0.15) is 20.4 Å². The van der Waals surface area contributed by atoms with Crippen molar-refractivity contribution in [1.29, 1.82) is 0 Å². The number of nitrogens with one attached hydrogen (secondary N) is 1. The zero-order chi connectivity index (χ0) is 17.2. The van der Waals surface area contributed by atoms with Crippen molar-refractivity contribution in [1.82, 2.24) is 30.5 Å². The van der Waals surface area contributed by atoms with E-state index in [9.17, 15) is 4.79 Å². The molecule has 9 heteroatoms. The van der Waals surface area contributed by atoms with Crippen LogP contribution < -0.4 is 5.73 Å². The average molecular weight is 333 g/mol. The van der Waals surface area contributed by atoms with Gasteiger partial charge in [-0.3, -0.25) is 9.78 Å². The number of rotatable bonds is 4. The first-order valence-electron chi connectivity index (χ1n) is 7.29. The summed E-state index contributed by atoms with van der Waals surface area (Å²) < 4.78 is 5.30. The highest BCUT2D eigenvalue weighted by molar-refractivity contribution is 5.90. The smallest absolute Gasteiger partial charge is 0.281 e. The number of hydrogen-bond acceptors (Lipinski definition) is 7. The van der Waals surface area contributed by atoms with Crippen LogP contribution >= 0.6 is 0 Å². The van der Waals surface area contributed by atoms with Gasteiger partial charge in [-0.25, -0.2) is 0 Å². The van der Waals surface area contributed by atoms with Crippen molar-refractivity contribution in [3.63, 3.8) is 0 Å². The van der Waals surface area contributed by atoms with Crippen LogP contribution in [-0.4, -0.2) is 36.4 Å². The highest BCUT2D eigenvalue weighted by Crippen LogP contribution is 2.28. The molecule has 3 aromatic heterocycles. The van der Waals surface area contributed by atoms with Gasteiger partial charge in [-0.05, 0) is 12.1 Å². The first kappa shape index (κ1) is 14.7. The minimum absolute atomic E-state index is 0.162. The molecule has 4 aromatic rings. The predicted molar refractivity (Wildman–Crippen MR) is 86.9 cm³/mol. The fraction of sp³-hybridized carbons (Fsp3) is 0. The monoisotopic (exact) mass is 333 g/mol. The molecule has 3 heterocycles. The van der Waals surface area contributed by atoms with E-state index in [0.29, 0.717) is 22.8 Å². The molecule has 25 heavy (non-hydrogen) atoms. The number of H-pyrrole nitrogens is 1. The Morgan fingerprint density at radius 2 is 1.80 bits per heavy atom. The number of aromatic nitrogens is 6. The zero-order valence-corrected chi connectivity index (χ0v) is 12.7. The number of nitrogens with zero attached hydrogens (tertiary/aromatic N) is 5. The molecule has 4 rings (SSSR count). The van der Waals surface area contributed by atoms with Crippen LogP contribution in [0, 0.1) is 0 Å². The van der Waals surface area contributed by atoms with Crippen LogP contribution in [0.1, 0.15) is 10.5 Å². The standard InChI is InChI=1S/C16H11N7O2/c17-14(24)11-7-6-10(8-18-11)15-19-16(25-22-15)13-12(20-23-21-13)9-4-2-1-3-5-9/h1-8H,(H2,17,24)(H,20,21,23). The number of hydrogen-bond donors (Lipinski definition) is 2. The van der Waals surface area contributed by atoms with Crippen LogP contribution in [0.2, 0.25) is 0 Å². The van der Waals surface area contributed by atoms with Crippen LogP contribution in [0.5, 0.6) is 0 Å². The molecule has 0 aliphatic carbocycles. The molecule has 0 bridgehead atoms. The number of primary amides is 1. The van der Waals surface area contributed by atoms with Gasteiger partial charge in [-0.1, -0.05) is 35.5 Å². The molecule has 0 aliphatic heterocycles. The van der Waals surface area contributed by atoms with E-state index in [2.05, 4.69) is 30.5 Å². The van der Waals surface area contributed by atoms with Crippen molar-refractivity contribution in [2.75, 3.05) is 0 Å². The molecule has 0 fully saturated rings. The Balaban J connectivity index is 1.69. The highest BCUT2D eigenvalue weighted by Gasteiger charge is 2.19.